The molecular formula is C20H18ClN5O2. The van der Waals surface area contributed by atoms with E-state index in [1.54, 1.807) is 17.0 Å². The van der Waals surface area contributed by atoms with E-state index in [9.17, 15) is 9.59 Å². The zero-order chi connectivity index (χ0) is 19.7. The van der Waals surface area contributed by atoms with E-state index >= 15 is 0 Å². The lowest BCUT2D eigenvalue weighted by Crippen LogP contribution is -2.36. The Kier molecular flexibility index (Phi) is 4.83. The quantitative estimate of drug-likeness (QED) is 0.712. The molecule has 0 fully saturated rings. The maximum absolute atomic E-state index is 13.0. The standard InChI is InChI=1S/C20H18ClN5O2/c1-12(27)23-18-10-14(5-7-22-18)20(28)26-8-6-17-16(11-26)19(25-24-17)13-3-2-4-15(21)9-13/h2-5,7,9-10H,6,8,11H2,1H3,(H,24,25)(H,22,23,27). The lowest BCUT2D eigenvalue weighted by Gasteiger charge is -2.27. The summed E-state index contributed by atoms with van der Waals surface area (Å²) in [7, 11) is 0. The number of H-pyrrole nitrogens is 1. The van der Waals surface area contributed by atoms with E-state index in [0.29, 0.717) is 35.9 Å². The molecule has 1 aliphatic rings. The van der Waals surface area contributed by atoms with E-state index in [-0.39, 0.29) is 11.8 Å². The Morgan fingerprint density at radius 1 is 1.25 bits per heavy atom. The van der Waals surface area contributed by atoms with Gasteiger partial charge in [0.1, 0.15) is 5.82 Å². The van der Waals surface area contributed by atoms with Crippen LogP contribution in [0, 0.1) is 0 Å². The number of amides is 2. The topological polar surface area (TPSA) is 91.0 Å². The fourth-order valence-corrected chi connectivity index (χ4v) is 3.53. The molecule has 7 nitrogen and oxygen atoms in total. The molecule has 0 radical (unpaired) electrons. The van der Waals surface area contributed by atoms with Gasteiger partial charge in [-0.05, 0) is 24.3 Å². The van der Waals surface area contributed by atoms with Crippen LogP contribution in [0.3, 0.4) is 0 Å². The van der Waals surface area contributed by atoms with Gasteiger partial charge in [0, 0.05) is 60.0 Å². The Morgan fingerprint density at radius 2 is 2.11 bits per heavy atom. The van der Waals surface area contributed by atoms with Gasteiger partial charge in [-0.2, -0.15) is 5.10 Å². The molecule has 0 saturated carbocycles. The molecule has 142 valence electrons. The zero-order valence-electron chi connectivity index (χ0n) is 15.2. The Bertz CT molecular complexity index is 1060. The predicted octanol–water partition coefficient (Wildman–Crippen LogP) is 3.28. The predicted molar refractivity (Wildman–Crippen MR) is 106 cm³/mol. The molecule has 8 heteroatoms. The number of nitrogens with zero attached hydrogens (tertiary/aromatic N) is 3. The fraction of sp³-hybridized carbons (Fsp3) is 0.200. The third-order valence-corrected chi connectivity index (χ3v) is 4.86. The van der Waals surface area contributed by atoms with Crippen LogP contribution in [0.1, 0.15) is 28.5 Å². The molecule has 3 aromatic rings. The van der Waals surface area contributed by atoms with Crippen molar-refractivity contribution in [1.82, 2.24) is 20.1 Å². The SMILES string of the molecule is CC(=O)Nc1cc(C(=O)N2CCc3[nH]nc(-c4cccc(Cl)c4)c3C2)ccn1. The maximum Gasteiger partial charge on any atom is 0.254 e. The summed E-state index contributed by atoms with van der Waals surface area (Å²) in [5, 5.41) is 10.8. The average molecular weight is 396 g/mol. The number of anilines is 1. The van der Waals surface area contributed by atoms with Gasteiger partial charge < -0.3 is 10.2 Å². The number of fused-ring (bicyclic) bond motifs is 1. The number of hydrogen-bond donors (Lipinski definition) is 2. The number of nitrogens with one attached hydrogen (secondary N) is 2. The first-order valence-corrected chi connectivity index (χ1v) is 9.24. The molecule has 1 aromatic carbocycles. The first-order valence-electron chi connectivity index (χ1n) is 8.86. The number of carbonyl (C=O) groups is 2. The number of aromatic amines is 1. The van der Waals surface area contributed by atoms with Crippen LogP contribution in [0.5, 0.6) is 0 Å². The molecule has 4 rings (SSSR count). The molecule has 0 atom stereocenters. The van der Waals surface area contributed by atoms with E-state index in [1.165, 1.54) is 13.1 Å². The van der Waals surface area contributed by atoms with Crippen LogP contribution in [0.2, 0.25) is 5.02 Å². The normalized spacial score (nSPS) is 13.1. The molecule has 0 spiro atoms. The summed E-state index contributed by atoms with van der Waals surface area (Å²) >= 11 is 6.12. The van der Waals surface area contributed by atoms with Crippen LogP contribution in [-0.2, 0) is 17.8 Å². The number of carbonyl (C=O) groups excluding carboxylic acids is 2. The van der Waals surface area contributed by atoms with E-state index in [2.05, 4.69) is 20.5 Å². The summed E-state index contributed by atoms with van der Waals surface area (Å²) in [5.74, 6) is 0.0150. The van der Waals surface area contributed by atoms with Crippen molar-refractivity contribution in [2.75, 3.05) is 11.9 Å². The van der Waals surface area contributed by atoms with Gasteiger partial charge in [0.05, 0.1) is 5.69 Å². The summed E-state index contributed by atoms with van der Waals surface area (Å²) in [6.07, 6.45) is 2.21. The number of hydrogen-bond acceptors (Lipinski definition) is 4. The third kappa shape index (κ3) is 3.61. The molecule has 2 aromatic heterocycles. The van der Waals surface area contributed by atoms with Crippen molar-refractivity contribution in [1.29, 1.82) is 0 Å². The third-order valence-electron chi connectivity index (χ3n) is 4.63. The number of halogens is 1. The molecule has 28 heavy (non-hydrogen) atoms. The summed E-state index contributed by atoms with van der Waals surface area (Å²) in [4.78, 5) is 30.1. The van der Waals surface area contributed by atoms with E-state index in [4.69, 9.17) is 11.6 Å². The van der Waals surface area contributed by atoms with Gasteiger partial charge in [-0.3, -0.25) is 14.7 Å². The first-order chi connectivity index (χ1) is 13.5. The number of pyridine rings is 1. The highest BCUT2D eigenvalue weighted by Gasteiger charge is 2.26. The zero-order valence-corrected chi connectivity index (χ0v) is 16.0. The minimum Gasteiger partial charge on any atom is -0.334 e. The first kappa shape index (κ1) is 18.2. The Balaban J connectivity index is 1.60. The summed E-state index contributed by atoms with van der Waals surface area (Å²) < 4.78 is 0. The molecule has 3 heterocycles. The monoisotopic (exact) mass is 395 g/mol. The molecule has 0 aliphatic carbocycles. The molecule has 0 bridgehead atoms. The van der Waals surface area contributed by atoms with Gasteiger partial charge in [-0.15, -0.1) is 0 Å². The second kappa shape index (κ2) is 7.44. The van der Waals surface area contributed by atoms with Crippen LogP contribution in [0.15, 0.2) is 42.6 Å². The molecule has 0 unspecified atom stereocenters. The van der Waals surface area contributed by atoms with Crippen LogP contribution in [-0.4, -0.2) is 38.4 Å². The van der Waals surface area contributed by atoms with Gasteiger partial charge in [-0.25, -0.2) is 4.98 Å². The molecule has 2 amide bonds. The molecule has 2 N–H and O–H groups in total. The second-order valence-corrected chi connectivity index (χ2v) is 7.06. The largest absolute Gasteiger partial charge is 0.334 e. The van der Waals surface area contributed by atoms with Crippen LogP contribution < -0.4 is 5.32 Å². The van der Waals surface area contributed by atoms with Crippen LogP contribution in [0.4, 0.5) is 5.82 Å². The van der Waals surface area contributed by atoms with Crippen molar-refractivity contribution < 1.29 is 9.59 Å². The number of rotatable bonds is 3. The Hall–Kier alpha value is -3.19. The second-order valence-electron chi connectivity index (χ2n) is 6.63. The van der Waals surface area contributed by atoms with E-state index in [0.717, 1.165) is 22.5 Å². The average Bonchev–Trinajstić information content (AvgIpc) is 3.10. The van der Waals surface area contributed by atoms with Gasteiger partial charge in [0.25, 0.3) is 5.91 Å². The van der Waals surface area contributed by atoms with E-state index in [1.807, 2.05) is 24.3 Å². The molecular weight excluding hydrogens is 378 g/mol. The molecule has 0 saturated heterocycles. The van der Waals surface area contributed by atoms with Gasteiger partial charge in [0.15, 0.2) is 0 Å². The van der Waals surface area contributed by atoms with Crippen LogP contribution >= 0.6 is 11.6 Å². The van der Waals surface area contributed by atoms with Crippen LogP contribution in [0.25, 0.3) is 11.3 Å². The number of benzene rings is 1. The number of aromatic nitrogens is 3. The van der Waals surface area contributed by atoms with E-state index < -0.39 is 0 Å². The van der Waals surface area contributed by atoms with Crippen molar-refractivity contribution in [2.45, 2.75) is 19.9 Å². The Morgan fingerprint density at radius 3 is 2.89 bits per heavy atom. The van der Waals surface area contributed by atoms with Gasteiger partial charge in [0.2, 0.25) is 5.91 Å². The highest BCUT2D eigenvalue weighted by molar-refractivity contribution is 6.30. The fourth-order valence-electron chi connectivity index (χ4n) is 3.34. The van der Waals surface area contributed by atoms with Crippen molar-refractivity contribution in [3.63, 3.8) is 0 Å². The lowest BCUT2D eigenvalue weighted by atomic mass is 10.0. The Labute approximate surface area is 166 Å². The summed E-state index contributed by atoms with van der Waals surface area (Å²) in [5.41, 5.74) is 4.24. The smallest absolute Gasteiger partial charge is 0.254 e. The lowest BCUT2D eigenvalue weighted by molar-refractivity contribution is -0.114. The summed E-state index contributed by atoms with van der Waals surface area (Å²) in [6.45, 7) is 2.43. The summed E-state index contributed by atoms with van der Waals surface area (Å²) in [6, 6.07) is 10.7. The maximum atomic E-state index is 13.0. The van der Waals surface area contributed by atoms with Gasteiger partial charge >= 0.3 is 0 Å². The van der Waals surface area contributed by atoms with Gasteiger partial charge in [-0.1, -0.05) is 23.7 Å². The van der Waals surface area contributed by atoms with Crippen molar-refractivity contribution in [3.8, 4) is 11.3 Å². The molecule has 1 aliphatic heterocycles. The minimum atomic E-state index is -0.232. The van der Waals surface area contributed by atoms with Crippen molar-refractivity contribution in [2.24, 2.45) is 0 Å². The van der Waals surface area contributed by atoms with Crippen molar-refractivity contribution in [3.05, 3.63) is 64.4 Å². The highest BCUT2D eigenvalue weighted by atomic mass is 35.5. The highest BCUT2D eigenvalue weighted by Crippen LogP contribution is 2.30. The minimum absolute atomic E-state index is 0.113. The van der Waals surface area contributed by atoms with Crippen molar-refractivity contribution >= 4 is 29.2 Å².